The van der Waals surface area contributed by atoms with Crippen LogP contribution < -0.4 is 4.74 Å². The van der Waals surface area contributed by atoms with E-state index in [0.29, 0.717) is 17.9 Å². The lowest BCUT2D eigenvalue weighted by atomic mass is 10.2. The highest BCUT2D eigenvalue weighted by molar-refractivity contribution is 5.89. The van der Waals surface area contributed by atoms with Crippen molar-refractivity contribution in [1.82, 2.24) is 0 Å². The minimum Gasteiger partial charge on any atom is -0.479 e. The second kappa shape index (κ2) is 6.64. The molecule has 0 unspecified atom stereocenters. The van der Waals surface area contributed by atoms with Crippen molar-refractivity contribution in [1.29, 1.82) is 0 Å². The molecule has 1 atom stereocenters. The third-order valence-electron chi connectivity index (χ3n) is 2.21. The average Bonchev–Trinajstić information content (AvgIpc) is 2.39. The Kier molecular flexibility index (Phi) is 5.17. The molecule has 98 valence electrons. The lowest BCUT2D eigenvalue weighted by molar-refractivity contribution is -0.150. The van der Waals surface area contributed by atoms with Crippen LogP contribution in [0.2, 0.25) is 0 Å². The first-order chi connectivity index (χ1) is 8.58. The summed E-state index contributed by atoms with van der Waals surface area (Å²) in [5, 5.41) is 0. The van der Waals surface area contributed by atoms with Crippen molar-refractivity contribution in [2.75, 3.05) is 13.7 Å². The van der Waals surface area contributed by atoms with Gasteiger partial charge in [-0.15, -0.1) is 0 Å². The molecule has 0 bridgehead atoms. The fourth-order valence-electron chi connectivity index (χ4n) is 1.30. The van der Waals surface area contributed by atoms with Crippen LogP contribution >= 0.6 is 0 Å². The number of esters is 2. The molecule has 0 aliphatic heterocycles. The molecule has 1 aromatic rings. The van der Waals surface area contributed by atoms with Gasteiger partial charge in [-0.1, -0.05) is 0 Å². The Morgan fingerprint density at radius 1 is 1.22 bits per heavy atom. The van der Waals surface area contributed by atoms with Gasteiger partial charge in [0.1, 0.15) is 5.75 Å². The Morgan fingerprint density at radius 2 is 1.83 bits per heavy atom. The molecule has 1 rings (SSSR count). The molecule has 0 aliphatic carbocycles. The summed E-state index contributed by atoms with van der Waals surface area (Å²) in [7, 11) is 1.32. The van der Waals surface area contributed by atoms with Crippen LogP contribution in [-0.4, -0.2) is 31.8 Å². The molecule has 0 N–H and O–H groups in total. The standard InChI is InChI=1S/C13H16O5/c1-4-17-12(14)9(2)18-11-7-5-10(6-8-11)13(15)16-3/h5-9H,4H2,1-3H3/t9-/m1/s1. The molecule has 0 aliphatic rings. The van der Waals surface area contributed by atoms with Gasteiger partial charge in [-0.05, 0) is 38.1 Å². The van der Waals surface area contributed by atoms with Gasteiger partial charge in [0.2, 0.25) is 0 Å². The lowest BCUT2D eigenvalue weighted by Gasteiger charge is -2.13. The highest BCUT2D eigenvalue weighted by Gasteiger charge is 2.15. The van der Waals surface area contributed by atoms with E-state index in [9.17, 15) is 9.59 Å². The lowest BCUT2D eigenvalue weighted by Crippen LogP contribution is -2.26. The molecule has 0 heterocycles. The minimum absolute atomic E-state index is 0.313. The molecule has 1 aromatic carbocycles. The Morgan fingerprint density at radius 3 is 2.33 bits per heavy atom. The van der Waals surface area contributed by atoms with Gasteiger partial charge < -0.3 is 14.2 Å². The van der Waals surface area contributed by atoms with Gasteiger partial charge in [-0.3, -0.25) is 0 Å². The Balaban J connectivity index is 2.63. The number of carbonyl (C=O) groups is 2. The van der Waals surface area contributed by atoms with E-state index in [1.54, 1.807) is 38.1 Å². The zero-order valence-corrected chi connectivity index (χ0v) is 10.6. The van der Waals surface area contributed by atoms with Gasteiger partial charge >= 0.3 is 11.9 Å². The third-order valence-corrected chi connectivity index (χ3v) is 2.21. The smallest absolute Gasteiger partial charge is 0.347 e. The van der Waals surface area contributed by atoms with Crippen LogP contribution in [0, 0.1) is 0 Å². The van der Waals surface area contributed by atoms with Crippen molar-refractivity contribution in [2.45, 2.75) is 20.0 Å². The van der Waals surface area contributed by atoms with Crippen molar-refractivity contribution in [3.05, 3.63) is 29.8 Å². The van der Waals surface area contributed by atoms with Crippen LogP contribution in [-0.2, 0) is 14.3 Å². The van der Waals surface area contributed by atoms with E-state index >= 15 is 0 Å². The monoisotopic (exact) mass is 252 g/mol. The van der Waals surface area contributed by atoms with Crippen LogP contribution in [0.15, 0.2) is 24.3 Å². The summed E-state index contributed by atoms with van der Waals surface area (Å²) in [6, 6.07) is 6.34. The van der Waals surface area contributed by atoms with Gasteiger partial charge in [-0.2, -0.15) is 0 Å². The Bertz CT molecular complexity index is 410. The Hall–Kier alpha value is -2.04. The van der Waals surface area contributed by atoms with Crippen LogP contribution in [0.3, 0.4) is 0 Å². The highest BCUT2D eigenvalue weighted by atomic mass is 16.6. The van der Waals surface area contributed by atoms with Gasteiger partial charge in [-0.25, -0.2) is 9.59 Å². The van der Waals surface area contributed by atoms with Crippen LogP contribution in [0.1, 0.15) is 24.2 Å². The molecule has 5 heteroatoms. The van der Waals surface area contributed by atoms with Gasteiger partial charge in [0.05, 0.1) is 19.3 Å². The molecule has 0 radical (unpaired) electrons. The van der Waals surface area contributed by atoms with E-state index in [1.807, 2.05) is 0 Å². The minimum atomic E-state index is -0.686. The largest absolute Gasteiger partial charge is 0.479 e. The second-order valence-electron chi connectivity index (χ2n) is 3.53. The number of carbonyl (C=O) groups excluding carboxylic acids is 2. The molecule has 0 saturated heterocycles. The first kappa shape index (κ1) is 14.0. The zero-order valence-electron chi connectivity index (χ0n) is 10.6. The topological polar surface area (TPSA) is 61.8 Å². The molecular weight excluding hydrogens is 236 g/mol. The Labute approximate surface area is 106 Å². The average molecular weight is 252 g/mol. The van der Waals surface area contributed by atoms with Gasteiger partial charge in [0, 0.05) is 0 Å². The summed E-state index contributed by atoms with van der Waals surface area (Å²) >= 11 is 0. The first-order valence-electron chi connectivity index (χ1n) is 5.60. The number of methoxy groups -OCH3 is 1. The predicted octanol–water partition coefficient (Wildman–Crippen LogP) is 1.80. The quantitative estimate of drug-likeness (QED) is 0.748. The van der Waals surface area contributed by atoms with Crippen LogP contribution in [0.4, 0.5) is 0 Å². The van der Waals surface area contributed by atoms with Crippen molar-refractivity contribution < 1.29 is 23.8 Å². The molecule has 0 saturated carbocycles. The van der Waals surface area contributed by atoms with Gasteiger partial charge in [0.25, 0.3) is 0 Å². The van der Waals surface area contributed by atoms with E-state index in [0.717, 1.165) is 0 Å². The number of hydrogen-bond acceptors (Lipinski definition) is 5. The van der Waals surface area contributed by atoms with Crippen molar-refractivity contribution in [2.24, 2.45) is 0 Å². The fraction of sp³-hybridized carbons (Fsp3) is 0.385. The highest BCUT2D eigenvalue weighted by Crippen LogP contribution is 2.14. The second-order valence-corrected chi connectivity index (χ2v) is 3.53. The number of hydrogen-bond donors (Lipinski definition) is 0. The van der Waals surface area contributed by atoms with E-state index in [1.165, 1.54) is 7.11 Å². The SMILES string of the molecule is CCOC(=O)[C@@H](C)Oc1ccc(C(=O)OC)cc1. The summed E-state index contributed by atoms with van der Waals surface area (Å²) in [6.45, 7) is 3.65. The van der Waals surface area contributed by atoms with Crippen LogP contribution in [0.25, 0.3) is 0 Å². The molecule has 0 amide bonds. The predicted molar refractivity (Wildman–Crippen MR) is 64.5 cm³/mol. The number of rotatable bonds is 5. The van der Waals surface area contributed by atoms with Crippen molar-refractivity contribution >= 4 is 11.9 Å². The molecule has 18 heavy (non-hydrogen) atoms. The maximum absolute atomic E-state index is 11.3. The molecule has 0 aromatic heterocycles. The maximum atomic E-state index is 11.3. The molecule has 0 fully saturated rings. The zero-order chi connectivity index (χ0) is 13.5. The van der Waals surface area contributed by atoms with E-state index in [4.69, 9.17) is 9.47 Å². The van der Waals surface area contributed by atoms with Crippen molar-refractivity contribution in [3.8, 4) is 5.75 Å². The van der Waals surface area contributed by atoms with E-state index in [2.05, 4.69) is 4.74 Å². The summed E-state index contributed by atoms with van der Waals surface area (Å²) in [4.78, 5) is 22.6. The number of ether oxygens (including phenoxy) is 3. The van der Waals surface area contributed by atoms with Crippen molar-refractivity contribution in [3.63, 3.8) is 0 Å². The summed E-state index contributed by atoms with van der Waals surface area (Å²) < 4.78 is 14.8. The maximum Gasteiger partial charge on any atom is 0.347 e. The molecule has 0 spiro atoms. The third kappa shape index (κ3) is 3.76. The van der Waals surface area contributed by atoms with Gasteiger partial charge in [0.15, 0.2) is 6.10 Å². The van der Waals surface area contributed by atoms with E-state index in [-0.39, 0.29) is 0 Å². The van der Waals surface area contributed by atoms with Crippen LogP contribution in [0.5, 0.6) is 5.75 Å². The molecular formula is C13H16O5. The molecule has 5 nitrogen and oxygen atoms in total. The number of benzene rings is 1. The first-order valence-corrected chi connectivity index (χ1v) is 5.60. The normalized spacial score (nSPS) is 11.5. The fourth-order valence-corrected chi connectivity index (χ4v) is 1.30. The summed E-state index contributed by atoms with van der Waals surface area (Å²) in [6.07, 6.45) is -0.686. The summed E-state index contributed by atoms with van der Waals surface area (Å²) in [5.74, 6) is -0.349. The van der Waals surface area contributed by atoms with E-state index < -0.39 is 18.0 Å². The summed E-state index contributed by atoms with van der Waals surface area (Å²) in [5.41, 5.74) is 0.425.